The lowest BCUT2D eigenvalue weighted by Gasteiger charge is -2.32. The first-order chi connectivity index (χ1) is 7.70. The summed E-state index contributed by atoms with van der Waals surface area (Å²) >= 11 is 0. The standard InChI is InChI=1S/C11H17FN4/c1-7(8-4-3-5-8)15-10-9(12)6-14-11(13-2)16-10/h6-8H,3-5H2,1-2H3,(H2,13,14,15,16). The number of rotatable bonds is 4. The molecule has 1 aromatic rings. The van der Waals surface area contributed by atoms with Gasteiger partial charge >= 0.3 is 0 Å². The highest BCUT2D eigenvalue weighted by Crippen LogP contribution is 2.31. The van der Waals surface area contributed by atoms with E-state index < -0.39 is 5.82 Å². The number of hydrogen-bond acceptors (Lipinski definition) is 4. The van der Waals surface area contributed by atoms with Crippen molar-refractivity contribution in [1.29, 1.82) is 0 Å². The van der Waals surface area contributed by atoms with Crippen LogP contribution in [0.25, 0.3) is 0 Å². The Labute approximate surface area is 94.7 Å². The lowest BCUT2D eigenvalue weighted by molar-refractivity contribution is 0.284. The molecule has 5 heteroatoms. The lowest BCUT2D eigenvalue weighted by Crippen LogP contribution is -2.31. The molecule has 2 N–H and O–H groups in total. The lowest BCUT2D eigenvalue weighted by atomic mass is 9.80. The fourth-order valence-electron chi connectivity index (χ4n) is 1.86. The quantitative estimate of drug-likeness (QED) is 0.823. The molecule has 0 aromatic carbocycles. The SMILES string of the molecule is CNc1ncc(F)c(NC(C)C2CCC2)n1. The van der Waals surface area contributed by atoms with Crippen molar-refractivity contribution >= 4 is 11.8 Å². The molecule has 0 bridgehead atoms. The second-order valence-corrected chi connectivity index (χ2v) is 4.26. The van der Waals surface area contributed by atoms with Crippen molar-refractivity contribution in [1.82, 2.24) is 9.97 Å². The van der Waals surface area contributed by atoms with Gasteiger partial charge in [-0.3, -0.25) is 0 Å². The zero-order valence-corrected chi connectivity index (χ0v) is 9.63. The van der Waals surface area contributed by atoms with Crippen molar-refractivity contribution in [2.24, 2.45) is 5.92 Å². The maximum Gasteiger partial charge on any atom is 0.224 e. The van der Waals surface area contributed by atoms with E-state index in [4.69, 9.17) is 0 Å². The minimum Gasteiger partial charge on any atom is -0.365 e. The molecule has 1 saturated carbocycles. The van der Waals surface area contributed by atoms with Gasteiger partial charge in [0.25, 0.3) is 0 Å². The average Bonchev–Trinajstić information content (AvgIpc) is 2.18. The van der Waals surface area contributed by atoms with Crippen LogP contribution in [0.1, 0.15) is 26.2 Å². The van der Waals surface area contributed by atoms with Crippen LogP contribution in [0.4, 0.5) is 16.2 Å². The third-order valence-corrected chi connectivity index (χ3v) is 3.19. The maximum absolute atomic E-state index is 13.4. The van der Waals surface area contributed by atoms with E-state index in [1.807, 2.05) is 0 Å². The Bertz CT molecular complexity index is 365. The van der Waals surface area contributed by atoms with Gasteiger partial charge in [-0.05, 0) is 25.7 Å². The minimum absolute atomic E-state index is 0.267. The van der Waals surface area contributed by atoms with E-state index in [-0.39, 0.29) is 6.04 Å². The molecule has 0 saturated heterocycles. The van der Waals surface area contributed by atoms with Crippen LogP contribution in [0.15, 0.2) is 6.20 Å². The number of aromatic nitrogens is 2. The molecule has 1 heterocycles. The summed E-state index contributed by atoms with van der Waals surface area (Å²) in [5.74, 6) is 0.973. The second kappa shape index (κ2) is 4.63. The van der Waals surface area contributed by atoms with Gasteiger partial charge in [-0.15, -0.1) is 0 Å². The monoisotopic (exact) mass is 224 g/mol. The minimum atomic E-state index is -0.398. The van der Waals surface area contributed by atoms with Crippen LogP contribution in [0.3, 0.4) is 0 Å². The molecule has 0 amide bonds. The molecule has 0 radical (unpaired) electrons. The van der Waals surface area contributed by atoms with Crippen LogP contribution in [0.2, 0.25) is 0 Å². The molecule has 1 aliphatic carbocycles. The Hall–Kier alpha value is -1.39. The molecule has 1 aromatic heterocycles. The predicted octanol–water partition coefficient (Wildman–Crippen LogP) is 2.26. The molecule has 2 rings (SSSR count). The highest BCUT2D eigenvalue weighted by Gasteiger charge is 2.24. The number of halogens is 1. The first kappa shape index (κ1) is 11.1. The zero-order chi connectivity index (χ0) is 11.5. The highest BCUT2D eigenvalue weighted by atomic mass is 19.1. The van der Waals surface area contributed by atoms with Crippen LogP contribution in [-0.4, -0.2) is 23.1 Å². The molecule has 1 unspecified atom stereocenters. The number of nitrogens with zero attached hydrogens (tertiary/aromatic N) is 2. The normalized spacial score (nSPS) is 17.7. The average molecular weight is 224 g/mol. The summed E-state index contributed by atoms with van der Waals surface area (Å²) in [6.07, 6.45) is 4.92. The molecule has 16 heavy (non-hydrogen) atoms. The molecule has 0 aliphatic heterocycles. The largest absolute Gasteiger partial charge is 0.365 e. The van der Waals surface area contributed by atoms with Gasteiger partial charge in [0, 0.05) is 13.1 Å². The second-order valence-electron chi connectivity index (χ2n) is 4.26. The zero-order valence-electron chi connectivity index (χ0n) is 9.63. The molecule has 1 atom stereocenters. The van der Waals surface area contributed by atoms with Crippen LogP contribution < -0.4 is 10.6 Å². The topological polar surface area (TPSA) is 49.8 Å². The van der Waals surface area contributed by atoms with E-state index in [1.54, 1.807) is 7.05 Å². The summed E-state index contributed by atoms with van der Waals surface area (Å²) in [7, 11) is 1.71. The first-order valence-corrected chi connectivity index (χ1v) is 5.67. The van der Waals surface area contributed by atoms with Crippen molar-refractivity contribution in [3.8, 4) is 0 Å². The van der Waals surface area contributed by atoms with Crippen molar-refractivity contribution in [2.45, 2.75) is 32.2 Å². The number of nitrogens with one attached hydrogen (secondary N) is 2. The fourth-order valence-corrected chi connectivity index (χ4v) is 1.86. The third-order valence-electron chi connectivity index (χ3n) is 3.19. The first-order valence-electron chi connectivity index (χ1n) is 5.67. The van der Waals surface area contributed by atoms with Gasteiger partial charge in [-0.2, -0.15) is 4.98 Å². The van der Waals surface area contributed by atoms with E-state index in [0.29, 0.717) is 17.7 Å². The van der Waals surface area contributed by atoms with Gasteiger partial charge in [0.05, 0.1) is 6.20 Å². The molecular formula is C11H17FN4. The molecule has 1 aliphatic rings. The Balaban J connectivity index is 2.06. The molecule has 4 nitrogen and oxygen atoms in total. The van der Waals surface area contributed by atoms with Crippen LogP contribution >= 0.6 is 0 Å². The van der Waals surface area contributed by atoms with Crippen LogP contribution in [0.5, 0.6) is 0 Å². The van der Waals surface area contributed by atoms with Gasteiger partial charge in [0.1, 0.15) is 0 Å². The van der Waals surface area contributed by atoms with E-state index in [0.717, 1.165) is 0 Å². The summed E-state index contributed by atoms with van der Waals surface area (Å²) in [4.78, 5) is 7.87. The number of anilines is 2. The molecular weight excluding hydrogens is 207 g/mol. The Morgan fingerprint density at radius 3 is 2.81 bits per heavy atom. The summed E-state index contributed by atoms with van der Waals surface area (Å²) in [6, 6.07) is 0.267. The van der Waals surface area contributed by atoms with Crippen molar-refractivity contribution in [3.63, 3.8) is 0 Å². The highest BCUT2D eigenvalue weighted by molar-refractivity contribution is 5.41. The number of hydrogen-bond donors (Lipinski definition) is 2. The van der Waals surface area contributed by atoms with Gasteiger partial charge < -0.3 is 10.6 Å². The molecule has 0 spiro atoms. The maximum atomic E-state index is 13.4. The van der Waals surface area contributed by atoms with Crippen molar-refractivity contribution in [3.05, 3.63) is 12.0 Å². The van der Waals surface area contributed by atoms with Gasteiger partial charge in [-0.25, -0.2) is 9.37 Å². The van der Waals surface area contributed by atoms with E-state index in [2.05, 4.69) is 27.5 Å². The van der Waals surface area contributed by atoms with E-state index in [9.17, 15) is 4.39 Å². The Morgan fingerprint density at radius 2 is 2.25 bits per heavy atom. The Kier molecular flexibility index (Phi) is 3.22. The Morgan fingerprint density at radius 1 is 1.50 bits per heavy atom. The van der Waals surface area contributed by atoms with Gasteiger partial charge in [0.15, 0.2) is 11.6 Å². The van der Waals surface area contributed by atoms with Gasteiger partial charge in [-0.1, -0.05) is 6.42 Å². The van der Waals surface area contributed by atoms with E-state index >= 15 is 0 Å². The third kappa shape index (κ3) is 2.23. The van der Waals surface area contributed by atoms with Crippen LogP contribution in [0, 0.1) is 11.7 Å². The summed E-state index contributed by atoms with van der Waals surface area (Å²) in [5, 5.41) is 5.92. The summed E-state index contributed by atoms with van der Waals surface area (Å²) in [5.41, 5.74) is 0. The molecule has 88 valence electrons. The molecule has 1 fully saturated rings. The predicted molar refractivity (Wildman–Crippen MR) is 62.0 cm³/mol. The summed E-state index contributed by atoms with van der Waals surface area (Å²) < 4.78 is 13.4. The smallest absolute Gasteiger partial charge is 0.224 e. The summed E-state index contributed by atoms with van der Waals surface area (Å²) in [6.45, 7) is 2.07. The van der Waals surface area contributed by atoms with Crippen molar-refractivity contribution in [2.75, 3.05) is 17.7 Å². The van der Waals surface area contributed by atoms with Crippen LogP contribution in [-0.2, 0) is 0 Å². The van der Waals surface area contributed by atoms with Crippen molar-refractivity contribution < 1.29 is 4.39 Å². The van der Waals surface area contributed by atoms with Gasteiger partial charge in [0.2, 0.25) is 5.95 Å². The van der Waals surface area contributed by atoms with E-state index in [1.165, 1.54) is 25.5 Å². The fraction of sp³-hybridized carbons (Fsp3) is 0.636.